The summed E-state index contributed by atoms with van der Waals surface area (Å²) in [6.45, 7) is 2.65. The van der Waals surface area contributed by atoms with Crippen LogP contribution in [0.5, 0.6) is 0 Å². The van der Waals surface area contributed by atoms with Crippen LogP contribution in [0.4, 0.5) is 0 Å². The molecule has 1 aromatic rings. The molecule has 0 radical (unpaired) electrons. The Morgan fingerprint density at radius 2 is 1.90 bits per heavy atom. The van der Waals surface area contributed by atoms with Crippen molar-refractivity contribution in [2.75, 3.05) is 19.5 Å². The predicted octanol–water partition coefficient (Wildman–Crippen LogP) is -0.371. The molecule has 0 aliphatic heterocycles. The molecule has 114 valence electrons. The third kappa shape index (κ3) is 4.78. The highest BCUT2D eigenvalue weighted by Gasteiger charge is 2.30. The maximum atomic E-state index is 11.7. The van der Waals surface area contributed by atoms with E-state index < -0.39 is 33.9 Å². The smallest absolute Gasteiger partial charge is 0.158 e. The molecule has 0 unspecified atom stereocenters. The van der Waals surface area contributed by atoms with Gasteiger partial charge in [0.05, 0.1) is 18.5 Å². The van der Waals surface area contributed by atoms with Gasteiger partial charge in [-0.2, -0.15) is 0 Å². The summed E-state index contributed by atoms with van der Waals surface area (Å²) in [5, 5.41) is 17.2. The summed E-state index contributed by atoms with van der Waals surface area (Å²) in [6.07, 6.45) is 2.26. The van der Waals surface area contributed by atoms with Crippen LogP contribution in [0.2, 0.25) is 0 Å². The van der Waals surface area contributed by atoms with Gasteiger partial charge in [-0.15, -0.1) is 0 Å². The van der Waals surface area contributed by atoms with Gasteiger partial charge in [0.15, 0.2) is 15.7 Å². The monoisotopic (exact) mass is 304 g/mol. The van der Waals surface area contributed by atoms with Gasteiger partial charge in [0.2, 0.25) is 0 Å². The Morgan fingerprint density at radius 3 is 2.35 bits per heavy atom. The molecule has 7 nitrogen and oxygen atoms in total. The fourth-order valence-electron chi connectivity index (χ4n) is 1.46. The van der Waals surface area contributed by atoms with Gasteiger partial charge in [0, 0.05) is 18.6 Å². The lowest BCUT2D eigenvalue weighted by Crippen LogP contribution is -2.31. The topological polar surface area (TPSA) is 110 Å². The zero-order valence-electron chi connectivity index (χ0n) is 11.7. The van der Waals surface area contributed by atoms with E-state index in [4.69, 9.17) is 9.84 Å². The van der Waals surface area contributed by atoms with E-state index in [1.165, 1.54) is 6.92 Å². The SMILES string of the molecule is Cc1cnc([C@@H](OC[C@@H](O)CO)[C@H](C)S(C)(=O)=O)nc1. The maximum Gasteiger partial charge on any atom is 0.158 e. The largest absolute Gasteiger partial charge is 0.394 e. The third-order valence-electron chi connectivity index (χ3n) is 2.84. The lowest BCUT2D eigenvalue weighted by Gasteiger charge is -2.23. The number of nitrogens with zero attached hydrogens (tertiary/aromatic N) is 2. The molecule has 8 heteroatoms. The molecule has 2 N–H and O–H groups in total. The van der Waals surface area contributed by atoms with Crippen molar-refractivity contribution >= 4 is 9.84 Å². The zero-order valence-corrected chi connectivity index (χ0v) is 12.5. The zero-order chi connectivity index (χ0) is 15.3. The van der Waals surface area contributed by atoms with Crippen LogP contribution < -0.4 is 0 Å². The molecule has 0 aliphatic carbocycles. The van der Waals surface area contributed by atoms with E-state index in [1.807, 2.05) is 6.92 Å². The molecule has 0 saturated heterocycles. The second kappa shape index (κ2) is 7.07. The van der Waals surface area contributed by atoms with E-state index >= 15 is 0 Å². The summed E-state index contributed by atoms with van der Waals surface area (Å²) in [6, 6.07) is 0. The molecular formula is C12H20N2O5S. The molecule has 3 atom stereocenters. The van der Waals surface area contributed by atoms with Crippen LogP contribution in [-0.4, -0.2) is 59.4 Å². The highest BCUT2D eigenvalue weighted by Crippen LogP contribution is 2.23. The summed E-state index contributed by atoms with van der Waals surface area (Å²) in [5.74, 6) is 0.235. The minimum atomic E-state index is -3.36. The van der Waals surface area contributed by atoms with Crippen LogP contribution in [0.15, 0.2) is 12.4 Å². The van der Waals surface area contributed by atoms with Crippen LogP contribution in [-0.2, 0) is 14.6 Å². The molecule has 1 heterocycles. The Bertz CT molecular complexity index is 517. The summed E-state index contributed by atoms with van der Waals surface area (Å²) in [7, 11) is -3.36. The van der Waals surface area contributed by atoms with Crippen molar-refractivity contribution in [1.82, 2.24) is 9.97 Å². The van der Waals surface area contributed by atoms with E-state index in [-0.39, 0.29) is 12.4 Å². The van der Waals surface area contributed by atoms with Crippen LogP contribution in [0, 0.1) is 6.92 Å². The molecule has 0 aliphatic rings. The number of aliphatic hydroxyl groups excluding tert-OH is 2. The van der Waals surface area contributed by atoms with Gasteiger partial charge in [-0.05, 0) is 19.4 Å². The van der Waals surface area contributed by atoms with Gasteiger partial charge in [-0.25, -0.2) is 18.4 Å². The molecule has 0 fully saturated rings. The van der Waals surface area contributed by atoms with E-state index in [1.54, 1.807) is 12.4 Å². The van der Waals surface area contributed by atoms with Crippen LogP contribution in [0.25, 0.3) is 0 Å². The van der Waals surface area contributed by atoms with Gasteiger partial charge < -0.3 is 14.9 Å². The lowest BCUT2D eigenvalue weighted by atomic mass is 10.2. The fourth-order valence-corrected chi connectivity index (χ4v) is 2.11. The average Bonchev–Trinajstić information content (AvgIpc) is 2.39. The molecule has 1 rings (SSSR count). The minimum absolute atomic E-state index is 0.196. The molecular weight excluding hydrogens is 284 g/mol. The van der Waals surface area contributed by atoms with E-state index in [0.29, 0.717) is 0 Å². The summed E-state index contributed by atoms with van der Waals surface area (Å²) in [5.41, 5.74) is 0.843. The highest BCUT2D eigenvalue weighted by atomic mass is 32.2. The van der Waals surface area contributed by atoms with Crippen LogP contribution >= 0.6 is 0 Å². The second-order valence-corrected chi connectivity index (χ2v) is 7.15. The maximum absolute atomic E-state index is 11.7. The number of hydrogen-bond donors (Lipinski definition) is 2. The normalized spacial score (nSPS) is 16.6. The summed E-state index contributed by atoms with van der Waals surface area (Å²) >= 11 is 0. The molecule has 0 spiro atoms. The Morgan fingerprint density at radius 1 is 1.35 bits per heavy atom. The van der Waals surface area contributed by atoms with Crippen LogP contribution in [0.3, 0.4) is 0 Å². The van der Waals surface area contributed by atoms with Crippen molar-refractivity contribution < 1.29 is 23.4 Å². The van der Waals surface area contributed by atoms with E-state index in [9.17, 15) is 13.5 Å². The number of rotatable bonds is 7. The third-order valence-corrected chi connectivity index (χ3v) is 4.43. The quantitative estimate of drug-likeness (QED) is 0.707. The van der Waals surface area contributed by atoms with Crippen molar-refractivity contribution in [2.24, 2.45) is 0 Å². The predicted molar refractivity (Wildman–Crippen MR) is 72.9 cm³/mol. The first-order chi connectivity index (χ1) is 9.25. The molecule has 0 saturated carbocycles. The molecule has 1 aromatic heterocycles. The van der Waals surface area contributed by atoms with Gasteiger partial charge >= 0.3 is 0 Å². The number of sulfone groups is 1. The number of hydrogen-bond acceptors (Lipinski definition) is 7. The molecule has 20 heavy (non-hydrogen) atoms. The van der Waals surface area contributed by atoms with E-state index in [0.717, 1.165) is 11.8 Å². The molecule has 0 bridgehead atoms. The average molecular weight is 304 g/mol. The second-order valence-electron chi connectivity index (χ2n) is 4.74. The first-order valence-electron chi connectivity index (χ1n) is 6.13. The van der Waals surface area contributed by atoms with Gasteiger partial charge in [0.25, 0.3) is 0 Å². The van der Waals surface area contributed by atoms with Crippen molar-refractivity contribution in [3.8, 4) is 0 Å². The lowest BCUT2D eigenvalue weighted by molar-refractivity contribution is -0.0324. The Kier molecular flexibility index (Phi) is 6.00. The first kappa shape index (κ1) is 17.0. The number of ether oxygens (including phenoxy) is 1. The fraction of sp³-hybridized carbons (Fsp3) is 0.667. The number of aromatic nitrogens is 2. The minimum Gasteiger partial charge on any atom is -0.394 e. The van der Waals surface area contributed by atoms with Gasteiger partial charge in [0.1, 0.15) is 12.2 Å². The van der Waals surface area contributed by atoms with Crippen molar-refractivity contribution in [3.05, 3.63) is 23.8 Å². The van der Waals surface area contributed by atoms with E-state index in [2.05, 4.69) is 9.97 Å². The molecule has 0 aromatic carbocycles. The Labute approximate surface area is 118 Å². The number of aryl methyl sites for hydroxylation is 1. The Hall–Kier alpha value is -1.09. The summed E-state index contributed by atoms with van der Waals surface area (Å²) in [4.78, 5) is 8.14. The van der Waals surface area contributed by atoms with Gasteiger partial charge in [-0.1, -0.05) is 0 Å². The van der Waals surface area contributed by atoms with Crippen molar-refractivity contribution in [3.63, 3.8) is 0 Å². The standard InChI is InChI=1S/C12H20N2O5S/c1-8-4-13-12(14-5-8)11(9(2)20(3,17)18)19-7-10(16)6-15/h4-5,9-11,15-16H,6-7H2,1-3H3/t9-,10-,11-/m0/s1. The number of aliphatic hydroxyl groups is 2. The molecule has 0 amide bonds. The highest BCUT2D eigenvalue weighted by molar-refractivity contribution is 7.91. The van der Waals surface area contributed by atoms with Crippen LogP contribution in [0.1, 0.15) is 24.4 Å². The van der Waals surface area contributed by atoms with Crippen molar-refractivity contribution in [2.45, 2.75) is 31.3 Å². The van der Waals surface area contributed by atoms with Crippen molar-refractivity contribution in [1.29, 1.82) is 0 Å². The first-order valence-corrected chi connectivity index (χ1v) is 8.09. The summed E-state index contributed by atoms with van der Waals surface area (Å²) < 4.78 is 28.8. The Balaban J connectivity index is 2.98. The van der Waals surface area contributed by atoms with Gasteiger partial charge in [-0.3, -0.25) is 0 Å².